The molecule has 0 radical (unpaired) electrons. The lowest BCUT2D eigenvalue weighted by Crippen LogP contribution is -2.26. The van der Waals surface area contributed by atoms with Crippen molar-refractivity contribution in [2.75, 3.05) is 14.2 Å². The van der Waals surface area contributed by atoms with E-state index in [0.29, 0.717) is 23.5 Å². The largest absolute Gasteiger partial charge is 0.488 e. The number of allylic oxidation sites excluding steroid dienone is 1. The molecule has 126 valence electrons. The molecule has 0 bridgehead atoms. The van der Waals surface area contributed by atoms with E-state index in [1.807, 2.05) is 30.3 Å². The Morgan fingerprint density at radius 1 is 1.21 bits per heavy atom. The zero-order valence-corrected chi connectivity index (χ0v) is 14.0. The highest BCUT2D eigenvalue weighted by Gasteiger charge is 2.20. The molecule has 2 rings (SSSR count). The van der Waals surface area contributed by atoms with Gasteiger partial charge in [-0.1, -0.05) is 36.9 Å². The highest BCUT2D eigenvalue weighted by Crippen LogP contribution is 2.29. The van der Waals surface area contributed by atoms with E-state index in [4.69, 9.17) is 9.57 Å². The second-order valence-corrected chi connectivity index (χ2v) is 5.37. The van der Waals surface area contributed by atoms with Crippen molar-refractivity contribution in [3.05, 3.63) is 71.6 Å². The molecule has 0 aliphatic rings. The molecule has 0 aromatic heterocycles. The number of carbonyl (C=O) groups is 1. The summed E-state index contributed by atoms with van der Waals surface area (Å²) in [5.41, 5.74) is 2.13. The fourth-order valence-electron chi connectivity index (χ4n) is 2.16. The molecule has 0 unspecified atom stereocenters. The Morgan fingerprint density at radius 3 is 2.46 bits per heavy atom. The number of hydroxylamine groups is 2. The average Bonchev–Trinajstić information content (AvgIpc) is 2.59. The Labute approximate surface area is 141 Å². The standard InChI is InChI=1S/C19H20FNO3/c1-13(2)15-10-16(19(22)21(3)23-4)17(20)11-18(15)24-12-14-8-6-5-7-9-14/h5-11H,1,12H2,2-4H3. The van der Waals surface area contributed by atoms with Crippen LogP contribution in [0.4, 0.5) is 4.39 Å². The summed E-state index contributed by atoms with van der Waals surface area (Å²) in [6, 6.07) is 12.2. The third kappa shape index (κ3) is 4.00. The van der Waals surface area contributed by atoms with E-state index in [2.05, 4.69) is 6.58 Å². The number of hydrogen-bond donors (Lipinski definition) is 0. The summed E-state index contributed by atoms with van der Waals surface area (Å²) in [6.45, 7) is 5.95. The van der Waals surface area contributed by atoms with E-state index in [-0.39, 0.29) is 5.56 Å². The molecule has 2 aromatic carbocycles. The first-order valence-electron chi connectivity index (χ1n) is 7.42. The molecule has 0 atom stereocenters. The molecule has 5 heteroatoms. The summed E-state index contributed by atoms with van der Waals surface area (Å²) < 4.78 is 20.1. The SMILES string of the molecule is C=C(C)c1cc(C(=O)N(C)OC)c(F)cc1OCc1ccccc1. The van der Waals surface area contributed by atoms with Crippen LogP contribution in [-0.4, -0.2) is 25.1 Å². The number of hydrogen-bond acceptors (Lipinski definition) is 3. The van der Waals surface area contributed by atoms with Crippen molar-refractivity contribution in [2.45, 2.75) is 13.5 Å². The first kappa shape index (κ1) is 17.7. The summed E-state index contributed by atoms with van der Waals surface area (Å²) in [4.78, 5) is 17.0. The van der Waals surface area contributed by atoms with Crippen molar-refractivity contribution in [3.63, 3.8) is 0 Å². The minimum Gasteiger partial charge on any atom is -0.488 e. The van der Waals surface area contributed by atoms with Gasteiger partial charge in [0.25, 0.3) is 5.91 Å². The fourth-order valence-corrected chi connectivity index (χ4v) is 2.16. The quantitative estimate of drug-likeness (QED) is 0.750. The van der Waals surface area contributed by atoms with Gasteiger partial charge in [0.05, 0.1) is 12.7 Å². The van der Waals surface area contributed by atoms with Gasteiger partial charge in [-0.25, -0.2) is 9.45 Å². The minimum absolute atomic E-state index is 0.0931. The first-order chi connectivity index (χ1) is 11.4. The van der Waals surface area contributed by atoms with Crippen LogP contribution in [0.5, 0.6) is 5.75 Å². The van der Waals surface area contributed by atoms with Crippen molar-refractivity contribution >= 4 is 11.5 Å². The fraction of sp³-hybridized carbons (Fsp3) is 0.211. The predicted molar refractivity (Wildman–Crippen MR) is 91.0 cm³/mol. The van der Waals surface area contributed by atoms with Crippen molar-refractivity contribution in [2.24, 2.45) is 0 Å². The summed E-state index contributed by atoms with van der Waals surface area (Å²) in [5, 5.41) is 0.963. The van der Waals surface area contributed by atoms with Gasteiger partial charge < -0.3 is 4.74 Å². The number of benzene rings is 2. The third-order valence-electron chi connectivity index (χ3n) is 3.56. The normalized spacial score (nSPS) is 10.3. The Morgan fingerprint density at radius 2 is 1.88 bits per heavy atom. The maximum atomic E-state index is 14.4. The molecule has 1 amide bonds. The van der Waals surface area contributed by atoms with E-state index in [1.54, 1.807) is 6.92 Å². The molecule has 0 fully saturated rings. The van der Waals surface area contributed by atoms with Crippen LogP contribution in [0.25, 0.3) is 5.57 Å². The van der Waals surface area contributed by atoms with Gasteiger partial charge in [-0.15, -0.1) is 0 Å². The van der Waals surface area contributed by atoms with Crippen molar-refractivity contribution < 1.29 is 18.8 Å². The summed E-state index contributed by atoms with van der Waals surface area (Å²) in [6.07, 6.45) is 0. The lowest BCUT2D eigenvalue weighted by atomic mass is 10.0. The van der Waals surface area contributed by atoms with Crippen LogP contribution in [0.2, 0.25) is 0 Å². The molecule has 0 N–H and O–H groups in total. The molecule has 0 heterocycles. The van der Waals surface area contributed by atoms with Crippen molar-refractivity contribution in [3.8, 4) is 5.75 Å². The number of ether oxygens (including phenoxy) is 1. The monoisotopic (exact) mass is 329 g/mol. The highest BCUT2D eigenvalue weighted by atomic mass is 19.1. The van der Waals surface area contributed by atoms with Crippen molar-refractivity contribution in [1.29, 1.82) is 0 Å². The lowest BCUT2D eigenvalue weighted by Gasteiger charge is -2.17. The smallest absolute Gasteiger partial charge is 0.280 e. The van der Waals surface area contributed by atoms with Gasteiger partial charge in [0.2, 0.25) is 0 Å². The van der Waals surface area contributed by atoms with Crippen LogP contribution in [-0.2, 0) is 11.4 Å². The van der Waals surface area contributed by atoms with Gasteiger partial charge in [0.15, 0.2) is 0 Å². The Kier molecular flexibility index (Phi) is 5.71. The lowest BCUT2D eigenvalue weighted by molar-refractivity contribution is -0.0759. The van der Waals surface area contributed by atoms with Gasteiger partial charge >= 0.3 is 0 Å². The zero-order valence-electron chi connectivity index (χ0n) is 14.0. The average molecular weight is 329 g/mol. The molecule has 0 saturated heterocycles. The Bertz CT molecular complexity index is 744. The molecule has 0 spiro atoms. The summed E-state index contributed by atoms with van der Waals surface area (Å²) in [7, 11) is 2.76. The van der Waals surface area contributed by atoms with Crippen LogP contribution < -0.4 is 4.74 Å². The number of rotatable bonds is 6. The maximum absolute atomic E-state index is 14.4. The van der Waals surface area contributed by atoms with E-state index in [0.717, 1.165) is 10.6 Å². The molecule has 0 saturated carbocycles. The zero-order chi connectivity index (χ0) is 17.7. The highest BCUT2D eigenvalue weighted by molar-refractivity contribution is 5.95. The summed E-state index contributed by atoms with van der Waals surface area (Å²) >= 11 is 0. The van der Waals surface area contributed by atoms with Gasteiger partial charge in [-0.2, -0.15) is 0 Å². The maximum Gasteiger partial charge on any atom is 0.280 e. The molecular formula is C19H20FNO3. The van der Waals surface area contributed by atoms with Gasteiger partial charge in [-0.3, -0.25) is 9.63 Å². The number of amides is 1. The topological polar surface area (TPSA) is 38.8 Å². The number of nitrogens with zero attached hydrogens (tertiary/aromatic N) is 1. The van der Waals surface area contributed by atoms with E-state index >= 15 is 0 Å². The predicted octanol–water partition coefficient (Wildman–Crippen LogP) is 4.07. The van der Waals surface area contributed by atoms with Crippen LogP contribution >= 0.6 is 0 Å². The first-order valence-corrected chi connectivity index (χ1v) is 7.42. The molecule has 24 heavy (non-hydrogen) atoms. The Balaban J connectivity index is 2.33. The Hall–Kier alpha value is -2.66. The molecule has 4 nitrogen and oxygen atoms in total. The molecule has 0 aliphatic carbocycles. The van der Waals surface area contributed by atoms with Gasteiger partial charge in [0, 0.05) is 18.7 Å². The third-order valence-corrected chi connectivity index (χ3v) is 3.56. The minimum atomic E-state index is -0.669. The second-order valence-electron chi connectivity index (χ2n) is 5.37. The van der Waals surface area contributed by atoms with Crippen LogP contribution in [0.1, 0.15) is 28.4 Å². The second kappa shape index (κ2) is 7.75. The molecular weight excluding hydrogens is 309 g/mol. The van der Waals surface area contributed by atoms with Crippen LogP contribution in [0.3, 0.4) is 0 Å². The van der Waals surface area contributed by atoms with E-state index in [1.165, 1.54) is 26.3 Å². The number of carbonyl (C=O) groups excluding carboxylic acids is 1. The van der Waals surface area contributed by atoms with Gasteiger partial charge in [-0.05, 0) is 24.1 Å². The van der Waals surface area contributed by atoms with E-state index < -0.39 is 11.7 Å². The molecule has 0 aliphatic heterocycles. The van der Waals surface area contributed by atoms with Crippen LogP contribution in [0, 0.1) is 5.82 Å². The van der Waals surface area contributed by atoms with Crippen LogP contribution in [0.15, 0.2) is 49.0 Å². The number of halogens is 1. The summed E-state index contributed by atoms with van der Waals surface area (Å²) in [5.74, 6) is -0.899. The van der Waals surface area contributed by atoms with E-state index in [9.17, 15) is 9.18 Å². The van der Waals surface area contributed by atoms with Gasteiger partial charge in [0.1, 0.15) is 18.2 Å². The molecule has 2 aromatic rings. The van der Waals surface area contributed by atoms with Crippen molar-refractivity contribution in [1.82, 2.24) is 5.06 Å².